The molecule has 4 aromatic rings. The molecule has 7 heteroatoms. The van der Waals surface area contributed by atoms with Crippen LogP contribution in [-0.2, 0) is 30.5 Å². The van der Waals surface area contributed by atoms with E-state index in [0.29, 0.717) is 0 Å². The van der Waals surface area contributed by atoms with Crippen LogP contribution in [-0.4, -0.2) is 32.1 Å². The van der Waals surface area contributed by atoms with E-state index in [1.54, 1.807) is 11.3 Å². The second-order valence-electron chi connectivity index (χ2n) is 8.47. The van der Waals surface area contributed by atoms with E-state index in [1.165, 1.54) is 5.56 Å². The average Bonchev–Trinajstić information content (AvgIpc) is 3.41. The van der Waals surface area contributed by atoms with Crippen molar-refractivity contribution in [2.24, 2.45) is 5.73 Å². The van der Waals surface area contributed by atoms with Crippen LogP contribution in [0.1, 0.15) is 40.9 Å². The Morgan fingerprint density at radius 3 is 2.76 bits per heavy atom. The van der Waals surface area contributed by atoms with Crippen LogP contribution < -0.4 is 5.73 Å². The van der Waals surface area contributed by atoms with Crippen molar-refractivity contribution in [1.82, 2.24) is 19.7 Å². The summed E-state index contributed by atoms with van der Waals surface area (Å²) < 4.78 is 2.06. The molecule has 1 aliphatic rings. The first-order chi connectivity index (χ1) is 16.1. The van der Waals surface area contributed by atoms with Crippen molar-refractivity contribution >= 4 is 17.1 Å². The van der Waals surface area contributed by atoms with Crippen LogP contribution in [0.2, 0.25) is 0 Å². The summed E-state index contributed by atoms with van der Waals surface area (Å²) in [4.78, 5) is 22.5. The quantitative estimate of drug-likeness (QED) is 0.442. The topological polar surface area (TPSA) is 86.7 Å². The van der Waals surface area contributed by atoms with Crippen molar-refractivity contribution in [2.75, 3.05) is 6.54 Å². The van der Waals surface area contributed by atoms with Crippen LogP contribution in [0.3, 0.4) is 0 Å². The number of rotatable bonds is 7. The number of carbonyl (C=O) groups is 1. The van der Waals surface area contributed by atoms with E-state index < -0.39 is 0 Å². The summed E-state index contributed by atoms with van der Waals surface area (Å²) in [6.45, 7) is 4.31. The molecule has 0 atom stereocenters. The summed E-state index contributed by atoms with van der Waals surface area (Å²) in [5, 5.41) is 5.95. The summed E-state index contributed by atoms with van der Waals surface area (Å²) in [6.07, 6.45) is 5.98. The van der Waals surface area contributed by atoms with Gasteiger partial charge in [-0.1, -0.05) is 31.5 Å². The number of carbonyl (C=O) groups excluding carboxylic acids is 1. The van der Waals surface area contributed by atoms with Gasteiger partial charge in [-0.2, -0.15) is 5.10 Å². The zero-order valence-electron chi connectivity index (χ0n) is 19.0. The standard InChI is InChI=1S/C26H27N5OS/c1-3-6-18-10-9-17(15-28-18)24-20-11-12-21-26(33-23(29-21)13-19(32)14-27)25(20)31(30-24)22-8-5-4-7-16(22)2/h4-5,7-10,15H,3,6,11-14,27H2,1-2H3. The lowest BCUT2D eigenvalue weighted by atomic mass is 9.95. The molecule has 0 saturated heterocycles. The first-order valence-electron chi connectivity index (χ1n) is 11.4. The molecule has 0 fully saturated rings. The third-order valence-corrected chi connectivity index (χ3v) is 7.18. The Morgan fingerprint density at radius 2 is 2.03 bits per heavy atom. The summed E-state index contributed by atoms with van der Waals surface area (Å²) >= 11 is 1.59. The van der Waals surface area contributed by atoms with E-state index in [9.17, 15) is 4.79 Å². The molecule has 33 heavy (non-hydrogen) atoms. The van der Waals surface area contributed by atoms with E-state index in [0.717, 1.165) is 75.2 Å². The fourth-order valence-electron chi connectivity index (χ4n) is 4.41. The third-order valence-electron chi connectivity index (χ3n) is 6.08. The lowest BCUT2D eigenvalue weighted by molar-refractivity contribution is -0.117. The Balaban J connectivity index is 1.68. The van der Waals surface area contributed by atoms with Gasteiger partial charge in [0.25, 0.3) is 0 Å². The number of pyridine rings is 1. The summed E-state index contributed by atoms with van der Waals surface area (Å²) in [5.41, 5.74) is 14.2. The molecule has 0 saturated carbocycles. The van der Waals surface area contributed by atoms with Crippen molar-refractivity contribution in [1.29, 1.82) is 0 Å². The van der Waals surface area contributed by atoms with Crippen molar-refractivity contribution in [2.45, 2.75) is 46.0 Å². The normalized spacial score (nSPS) is 12.5. The summed E-state index contributed by atoms with van der Waals surface area (Å²) in [6, 6.07) is 12.5. The molecule has 3 aromatic heterocycles. The van der Waals surface area contributed by atoms with Gasteiger partial charge in [-0.3, -0.25) is 9.78 Å². The predicted molar refractivity (Wildman–Crippen MR) is 132 cm³/mol. The van der Waals surface area contributed by atoms with Crippen molar-refractivity contribution in [3.8, 4) is 27.5 Å². The molecule has 3 heterocycles. The minimum atomic E-state index is 0.00710. The number of para-hydroxylation sites is 1. The van der Waals surface area contributed by atoms with Crippen molar-refractivity contribution in [3.05, 3.63) is 70.1 Å². The molecule has 0 unspecified atom stereocenters. The fourth-order valence-corrected chi connectivity index (χ4v) is 5.61. The van der Waals surface area contributed by atoms with Gasteiger partial charge in [-0.25, -0.2) is 9.67 Å². The van der Waals surface area contributed by atoms with E-state index in [-0.39, 0.29) is 18.7 Å². The SMILES string of the molecule is CCCc1ccc(-c2nn(-c3ccccc3C)c3c2CCc2nc(CC(=O)CN)sc2-3)cn1. The largest absolute Gasteiger partial charge is 0.324 e. The molecular formula is C26H27N5OS. The van der Waals surface area contributed by atoms with Gasteiger partial charge in [0.15, 0.2) is 5.78 Å². The van der Waals surface area contributed by atoms with Crippen LogP contribution in [0.25, 0.3) is 27.5 Å². The minimum absolute atomic E-state index is 0.00710. The number of fused-ring (bicyclic) bond motifs is 3. The van der Waals surface area contributed by atoms with Crippen LogP contribution in [0.4, 0.5) is 0 Å². The number of hydrogen-bond donors (Lipinski definition) is 1. The van der Waals surface area contributed by atoms with E-state index in [4.69, 9.17) is 15.8 Å². The van der Waals surface area contributed by atoms with Gasteiger partial charge in [0.2, 0.25) is 0 Å². The van der Waals surface area contributed by atoms with Gasteiger partial charge in [0, 0.05) is 23.0 Å². The Kier molecular flexibility index (Phi) is 5.91. The van der Waals surface area contributed by atoms with Gasteiger partial charge in [0.05, 0.1) is 40.6 Å². The minimum Gasteiger partial charge on any atom is -0.324 e. The highest BCUT2D eigenvalue weighted by molar-refractivity contribution is 7.15. The Bertz CT molecular complexity index is 1320. The van der Waals surface area contributed by atoms with Crippen LogP contribution >= 0.6 is 11.3 Å². The maximum absolute atomic E-state index is 12.0. The van der Waals surface area contributed by atoms with Gasteiger partial charge in [-0.05, 0) is 49.9 Å². The molecule has 0 spiro atoms. The van der Waals surface area contributed by atoms with Crippen molar-refractivity contribution in [3.63, 3.8) is 0 Å². The number of benzene rings is 1. The van der Waals surface area contributed by atoms with Crippen LogP contribution in [0.15, 0.2) is 42.6 Å². The molecule has 1 aromatic carbocycles. The molecular weight excluding hydrogens is 430 g/mol. The van der Waals surface area contributed by atoms with Gasteiger partial charge in [-0.15, -0.1) is 11.3 Å². The zero-order chi connectivity index (χ0) is 22.9. The Labute approximate surface area is 197 Å². The van der Waals surface area contributed by atoms with Gasteiger partial charge < -0.3 is 5.73 Å². The number of nitrogens with zero attached hydrogens (tertiary/aromatic N) is 4. The fraction of sp³-hybridized carbons (Fsp3) is 0.308. The highest BCUT2D eigenvalue weighted by atomic mass is 32.1. The lowest BCUT2D eigenvalue weighted by Crippen LogP contribution is -2.15. The number of hydrogen-bond acceptors (Lipinski definition) is 6. The lowest BCUT2D eigenvalue weighted by Gasteiger charge is -2.15. The molecule has 5 rings (SSSR count). The number of thiazole rings is 1. The molecule has 0 aliphatic heterocycles. The molecule has 168 valence electrons. The molecule has 0 bridgehead atoms. The molecule has 6 nitrogen and oxygen atoms in total. The highest BCUT2D eigenvalue weighted by Crippen LogP contribution is 2.43. The first-order valence-corrected chi connectivity index (χ1v) is 12.2. The number of Topliss-reactive ketones (excluding diaryl/α,β-unsaturated/α-hetero) is 1. The first kappa shape index (κ1) is 21.7. The number of aromatic nitrogens is 4. The predicted octanol–water partition coefficient (Wildman–Crippen LogP) is 4.49. The smallest absolute Gasteiger partial charge is 0.153 e. The third kappa shape index (κ3) is 4.03. The average molecular weight is 458 g/mol. The molecule has 2 N–H and O–H groups in total. The van der Waals surface area contributed by atoms with Gasteiger partial charge in [0.1, 0.15) is 5.01 Å². The monoisotopic (exact) mass is 457 g/mol. The molecule has 0 amide bonds. The van der Waals surface area contributed by atoms with E-state index in [1.807, 2.05) is 18.3 Å². The maximum Gasteiger partial charge on any atom is 0.153 e. The number of ketones is 1. The summed E-state index contributed by atoms with van der Waals surface area (Å²) in [5.74, 6) is 0.00710. The van der Waals surface area contributed by atoms with E-state index >= 15 is 0 Å². The van der Waals surface area contributed by atoms with E-state index in [2.05, 4.69) is 47.8 Å². The van der Waals surface area contributed by atoms with Crippen LogP contribution in [0, 0.1) is 6.92 Å². The Morgan fingerprint density at radius 1 is 1.18 bits per heavy atom. The van der Waals surface area contributed by atoms with Crippen LogP contribution in [0.5, 0.6) is 0 Å². The highest BCUT2D eigenvalue weighted by Gasteiger charge is 2.30. The summed E-state index contributed by atoms with van der Waals surface area (Å²) in [7, 11) is 0. The molecule has 0 radical (unpaired) electrons. The number of aryl methyl sites for hydroxylation is 3. The number of nitrogens with two attached hydrogens (primary N) is 1. The molecule has 1 aliphatic carbocycles. The zero-order valence-corrected chi connectivity index (χ0v) is 19.8. The second kappa shape index (κ2) is 9.00. The maximum atomic E-state index is 12.0. The Hall–Kier alpha value is -3.16. The van der Waals surface area contributed by atoms with Gasteiger partial charge >= 0.3 is 0 Å². The second-order valence-corrected chi connectivity index (χ2v) is 9.55. The van der Waals surface area contributed by atoms with Crippen molar-refractivity contribution < 1.29 is 4.79 Å².